The lowest BCUT2D eigenvalue weighted by atomic mass is 10.2. The first-order chi connectivity index (χ1) is 14.6. The molecule has 0 atom stereocenters. The number of rotatable bonds is 4. The van der Waals surface area contributed by atoms with E-state index in [9.17, 15) is 0 Å². The lowest BCUT2D eigenvalue weighted by Crippen LogP contribution is -1.99. The maximum atomic E-state index is 5.29. The summed E-state index contributed by atoms with van der Waals surface area (Å²) in [6.45, 7) is 4.19. The fourth-order valence-corrected chi connectivity index (χ4v) is 3.77. The molecule has 5 rings (SSSR count). The van der Waals surface area contributed by atoms with Crippen LogP contribution < -0.4 is 9.47 Å². The Morgan fingerprint density at radius 1 is 0.800 bits per heavy atom. The molecule has 3 aromatic heterocycles. The van der Waals surface area contributed by atoms with Crippen molar-refractivity contribution < 1.29 is 9.47 Å². The normalized spacial score (nSPS) is 11.3. The summed E-state index contributed by atoms with van der Waals surface area (Å²) in [6.07, 6.45) is 1.72. The number of aryl methyl sites for hydroxylation is 1. The second-order valence-corrected chi connectivity index (χ2v) is 7.12. The summed E-state index contributed by atoms with van der Waals surface area (Å²) < 4.78 is 14.4. The molecule has 0 N–H and O–H groups in total. The lowest BCUT2D eigenvalue weighted by Gasteiger charge is -2.08. The average molecular weight is 399 g/mol. The Kier molecular flexibility index (Phi) is 4.17. The van der Waals surface area contributed by atoms with E-state index in [0.717, 1.165) is 50.7 Å². The van der Waals surface area contributed by atoms with Crippen molar-refractivity contribution in [2.75, 3.05) is 14.2 Å². The Morgan fingerprint density at radius 2 is 1.43 bits per heavy atom. The largest absolute Gasteiger partial charge is 0.497 e. The molecule has 0 amide bonds. The lowest BCUT2D eigenvalue weighted by molar-refractivity contribution is 0.414. The van der Waals surface area contributed by atoms with Gasteiger partial charge in [-0.05, 0) is 67.9 Å². The van der Waals surface area contributed by atoms with Crippen LogP contribution >= 0.6 is 0 Å². The molecule has 0 saturated carbocycles. The van der Waals surface area contributed by atoms with Crippen LogP contribution in [0.4, 0.5) is 0 Å². The highest BCUT2D eigenvalue weighted by molar-refractivity contribution is 5.95. The minimum atomic E-state index is 0.654. The van der Waals surface area contributed by atoms with Gasteiger partial charge in [-0.25, -0.2) is 14.5 Å². The van der Waals surface area contributed by atoms with Gasteiger partial charge in [0.1, 0.15) is 17.8 Å². The number of hydrogen-bond donors (Lipinski definition) is 0. The van der Waals surface area contributed by atoms with E-state index in [0.29, 0.717) is 5.82 Å². The predicted octanol–water partition coefficient (Wildman–Crippen LogP) is 4.37. The molecule has 7 nitrogen and oxygen atoms in total. The zero-order chi connectivity index (χ0) is 20.8. The van der Waals surface area contributed by atoms with Gasteiger partial charge in [0.25, 0.3) is 0 Å². The van der Waals surface area contributed by atoms with E-state index in [1.54, 1.807) is 25.1 Å². The van der Waals surface area contributed by atoms with Gasteiger partial charge in [-0.3, -0.25) is 4.57 Å². The number of ether oxygens (including phenoxy) is 2. The van der Waals surface area contributed by atoms with Crippen LogP contribution in [-0.2, 0) is 0 Å². The van der Waals surface area contributed by atoms with Crippen LogP contribution in [0.5, 0.6) is 11.5 Å². The quantitative estimate of drug-likeness (QED) is 0.449. The zero-order valence-electron chi connectivity index (χ0n) is 17.2. The van der Waals surface area contributed by atoms with Gasteiger partial charge in [0.2, 0.25) is 0 Å². The molecule has 0 unspecified atom stereocenters. The highest BCUT2D eigenvalue weighted by atomic mass is 16.5. The van der Waals surface area contributed by atoms with Crippen LogP contribution in [0.25, 0.3) is 33.8 Å². The van der Waals surface area contributed by atoms with Gasteiger partial charge in [-0.2, -0.15) is 0 Å². The molecule has 0 saturated heterocycles. The average Bonchev–Trinajstić information content (AvgIpc) is 3.33. The molecule has 0 aliphatic carbocycles. The van der Waals surface area contributed by atoms with Gasteiger partial charge in [0.15, 0.2) is 17.1 Å². The Bertz CT molecular complexity index is 1370. The molecular formula is C23H21N5O2. The minimum Gasteiger partial charge on any atom is -0.497 e. The summed E-state index contributed by atoms with van der Waals surface area (Å²) >= 11 is 0. The van der Waals surface area contributed by atoms with Crippen molar-refractivity contribution in [2.45, 2.75) is 13.8 Å². The van der Waals surface area contributed by atoms with E-state index in [1.807, 2.05) is 48.5 Å². The first-order valence-electron chi connectivity index (χ1n) is 9.62. The van der Waals surface area contributed by atoms with Crippen molar-refractivity contribution >= 4 is 16.7 Å². The molecule has 30 heavy (non-hydrogen) atoms. The number of aromatic nitrogens is 5. The van der Waals surface area contributed by atoms with Crippen molar-refractivity contribution in [1.29, 1.82) is 0 Å². The van der Waals surface area contributed by atoms with Gasteiger partial charge in [-0.1, -0.05) is 0 Å². The first-order valence-corrected chi connectivity index (χ1v) is 9.62. The van der Waals surface area contributed by atoms with Crippen LogP contribution in [0.2, 0.25) is 0 Å². The molecule has 0 aliphatic heterocycles. The summed E-state index contributed by atoms with van der Waals surface area (Å²) in [5.74, 6) is 2.28. The van der Waals surface area contributed by atoms with Crippen molar-refractivity contribution in [3.05, 3.63) is 66.1 Å². The number of methoxy groups -OCH3 is 2. The molecule has 0 bridgehead atoms. The number of fused-ring (bicyclic) bond motifs is 3. The Hall–Kier alpha value is -3.87. The van der Waals surface area contributed by atoms with E-state index >= 15 is 0 Å². The van der Waals surface area contributed by atoms with E-state index < -0.39 is 0 Å². The molecule has 0 aliphatic rings. The second-order valence-electron chi connectivity index (χ2n) is 7.12. The number of hydrogen-bond acceptors (Lipinski definition) is 5. The standard InChI is InChI=1S/C23H21N5O2/c1-14-15(2)28(17-7-11-19(30-4)12-8-17)22-20(14)23-25-21(26-27(23)13-24-22)16-5-9-18(29-3)10-6-16/h5-13H,1-4H3. The monoisotopic (exact) mass is 399 g/mol. The molecule has 5 aromatic rings. The molecule has 3 heterocycles. The maximum Gasteiger partial charge on any atom is 0.182 e. The van der Waals surface area contributed by atoms with Crippen molar-refractivity contribution in [2.24, 2.45) is 0 Å². The molecule has 0 radical (unpaired) electrons. The summed E-state index contributed by atoms with van der Waals surface area (Å²) in [5.41, 5.74) is 5.85. The van der Waals surface area contributed by atoms with Crippen molar-refractivity contribution in [1.82, 2.24) is 24.1 Å². The highest BCUT2D eigenvalue weighted by Gasteiger charge is 2.19. The second kappa shape index (κ2) is 6.88. The van der Waals surface area contributed by atoms with Gasteiger partial charge in [-0.15, -0.1) is 5.10 Å². The molecule has 7 heteroatoms. The molecule has 2 aromatic carbocycles. The van der Waals surface area contributed by atoms with Gasteiger partial charge in [0.05, 0.1) is 19.6 Å². The summed E-state index contributed by atoms with van der Waals surface area (Å²) in [6, 6.07) is 15.7. The smallest absolute Gasteiger partial charge is 0.182 e. The van der Waals surface area contributed by atoms with E-state index in [-0.39, 0.29) is 0 Å². The van der Waals surface area contributed by atoms with E-state index in [2.05, 4.69) is 23.5 Å². The van der Waals surface area contributed by atoms with Crippen LogP contribution in [0, 0.1) is 13.8 Å². The molecule has 0 fully saturated rings. The number of nitrogens with zero attached hydrogens (tertiary/aromatic N) is 5. The van der Waals surface area contributed by atoms with E-state index in [1.165, 1.54) is 0 Å². The Balaban J connectivity index is 1.70. The third kappa shape index (κ3) is 2.70. The Labute approximate surface area is 173 Å². The third-order valence-electron chi connectivity index (χ3n) is 5.51. The van der Waals surface area contributed by atoms with Crippen LogP contribution in [0.3, 0.4) is 0 Å². The molecule has 0 spiro atoms. The van der Waals surface area contributed by atoms with Crippen LogP contribution in [-0.4, -0.2) is 38.4 Å². The number of benzene rings is 2. The van der Waals surface area contributed by atoms with E-state index in [4.69, 9.17) is 19.4 Å². The van der Waals surface area contributed by atoms with Crippen molar-refractivity contribution in [3.8, 4) is 28.6 Å². The predicted molar refractivity (Wildman–Crippen MR) is 116 cm³/mol. The highest BCUT2D eigenvalue weighted by Crippen LogP contribution is 2.31. The molecule has 150 valence electrons. The maximum absolute atomic E-state index is 5.29. The van der Waals surface area contributed by atoms with Crippen molar-refractivity contribution in [3.63, 3.8) is 0 Å². The van der Waals surface area contributed by atoms with Gasteiger partial charge < -0.3 is 9.47 Å². The van der Waals surface area contributed by atoms with Gasteiger partial charge >= 0.3 is 0 Å². The SMILES string of the molecule is COc1ccc(-c2nc3c4c(C)c(C)n(-c5ccc(OC)cc5)c4ncn3n2)cc1. The third-order valence-corrected chi connectivity index (χ3v) is 5.51. The zero-order valence-corrected chi connectivity index (χ0v) is 17.2. The van der Waals surface area contributed by atoms with Crippen LogP contribution in [0.15, 0.2) is 54.9 Å². The minimum absolute atomic E-state index is 0.654. The summed E-state index contributed by atoms with van der Waals surface area (Å²) in [4.78, 5) is 9.56. The fraction of sp³-hybridized carbons (Fsp3) is 0.174. The van der Waals surface area contributed by atoms with Gasteiger partial charge in [0, 0.05) is 16.9 Å². The summed E-state index contributed by atoms with van der Waals surface area (Å²) in [7, 11) is 3.32. The Morgan fingerprint density at radius 3 is 2.07 bits per heavy atom. The first kappa shape index (κ1) is 18.2. The summed E-state index contributed by atoms with van der Waals surface area (Å²) in [5, 5.41) is 5.64. The topological polar surface area (TPSA) is 66.5 Å². The van der Waals surface area contributed by atoms with Crippen LogP contribution in [0.1, 0.15) is 11.3 Å². The molecular weight excluding hydrogens is 378 g/mol. The fourth-order valence-electron chi connectivity index (χ4n) is 3.77.